The van der Waals surface area contributed by atoms with Crippen LogP contribution in [0, 0.1) is 0 Å². The average Bonchev–Trinajstić information content (AvgIpc) is 2.55. The molecule has 2 rings (SSSR count). The number of amides is 2. The van der Waals surface area contributed by atoms with Gasteiger partial charge < -0.3 is 15.4 Å². The van der Waals surface area contributed by atoms with Crippen molar-refractivity contribution in [2.24, 2.45) is 0 Å². The molecule has 23 heavy (non-hydrogen) atoms. The third-order valence-corrected chi connectivity index (χ3v) is 3.20. The molecule has 5 heteroatoms. The number of benzene rings is 2. The molecule has 2 aromatic carbocycles. The summed E-state index contributed by atoms with van der Waals surface area (Å²) < 4.78 is 5.36. The number of aryl methyl sites for hydroxylation is 1. The van der Waals surface area contributed by atoms with E-state index in [1.165, 1.54) is 0 Å². The Morgan fingerprint density at radius 3 is 2.13 bits per heavy atom. The molecule has 0 saturated carbocycles. The molecule has 0 aliphatic carbocycles. The normalized spacial score (nSPS) is 10.0. The van der Waals surface area contributed by atoms with Crippen LogP contribution >= 0.6 is 0 Å². The second-order valence-electron chi connectivity index (χ2n) is 4.92. The Balaban J connectivity index is 1.99. The van der Waals surface area contributed by atoms with Crippen LogP contribution in [-0.4, -0.2) is 18.4 Å². The van der Waals surface area contributed by atoms with Crippen molar-refractivity contribution in [3.63, 3.8) is 0 Å². The zero-order chi connectivity index (χ0) is 16.7. The minimum atomic E-state index is -0.722. The Kier molecular flexibility index (Phi) is 5.74. The van der Waals surface area contributed by atoms with Crippen LogP contribution in [0.4, 0.5) is 11.4 Å². The summed E-state index contributed by atoms with van der Waals surface area (Å²) in [5.41, 5.74) is 2.21. The van der Waals surface area contributed by atoms with E-state index in [2.05, 4.69) is 10.6 Å². The Bertz CT molecular complexity index is 698. The van der Waals surface area contributed by atoms with Crippen molar-refractivity contribution < 1.29 is 14.3 Å². The van der Waals surface area contributed by atoms with E-state index in [0.29, 0.717) is 23.7 Å². The molecule has 0 heterocycles. The lowest BCUT2D eigenvalue weighted by Crippen LogP contribution is -2.29. The van der Waals surface area contributed by atoms with Gasteiger partial charge in [0.15, 0.2) is 0 Å². The highest BCUT2D eigenvalue weighted by Gasteiger charge is 2.14. The summed E-state index contributed by atoms with van der Waals surface area (Å²) in [7, 11) is 0. The topological polar surface area (TPSA) is 67.4 Å². The van der Waals surface area contributed by atoms with Crippen LogP contribution in [0.25, 0.3) is 0 Å². The fourth-order valence-corrected chi connectivity index (χ4v) is 2.08. The molecule has 5 nitrogen and oxygen atoms in total. The van der Waals surface area contributed by atoms with Crippen molar-refractivity contribution in [2.75, 3.05) is 17.2 Å². The summed E-state index contributed by atoms with van der Waals surface area (Å²) in [6.45, 7) is 4.44. The van der Waals surface area contributed by atoms with E-state index < -0.39 is 11.8 Å². The molecule has 0 radical (unpaired) electrons. The highest BCUT2D eigenvalue weighted by Crippen LogP contribution is 2.17. The number of anilines is 2. The summed E-state index contributed by atoms with van der Waals surface area (Å²) >= 11 is 0. The maximum atomic E-state index is 12.0. The number of carbonyl (C=O) groups excluding carboxylic acids is 2. The summed E-state index contributed by atoms with van der Waals surface area (Å²) in [5, 5.41) is 5.15. The first-order valence-corrected chi connectivity index (χ1v) is 7.56. The van der Waals surface area contributed by atoms with Crippen LogP contribution in [0.2, 0.25) is 0 Å². The van der Waals surface area contributed by atoms with Gasteiger partial charge in [-0.05, 0) is 43.2 Å². The van der Waals surface area contributed by atoms with Gasteiger partial charge in [-0.2, -0.15) is 0 Å². The van der Waals surface area contributed by atoms with E-state index in [4.69, 9.17) is 4.74 Å². The second-order valence-corrected chi connectivity index (χ2v) is 4.92. The molecule has 0 fully saturated rings. The summed E-state index contributed by atoms with van der Waals surface area (Å²) in [6, 6.07) is 14.3. The van der Waals surface area contributed by atoms with E-state index in [1.54, 1.807) is 30.3 Å². The molecular weight excluding hydrogens is 292 g/mol. The molecule has 0 aliphatic rings. The number of carbonyl (C=O) groups is 2. The SMILES string of the molecule is CCOc1cccc(NC(=O)C(=O)Nc2cccc(CC)c2)c1. The number of rotatable bonds is 5. The molecule has 0 saturated heterocycles. The molecular formula is C18H20N2O3. The average molecular weight is 312 g/mol. The fraction of sp³-hybridized carbons (Fsp3) is 0.222. The lowest BCUT2D eigenvalue weighted by atomic mass is 10.1. The van der Waals surface area contributed by atoms with Crippen molar-refractivity contribution in [2.45, 2.75) is 20.3 Å². The highest BCUT2D eigenvalue weighted by molar-refractivity contribution is 6.43. The van der Waals surface area contributed by atoms with Gasteiger partial charge in [0.1, 0.15) is 5.75 Å². The van der Waals surface area contributed by atoms with Crippen molar-refractivity contribution >= 4 is 23.2 Å². The van der Waals surface area contributed by atoms with E-state index >= 15 is 0 Å². The first kappa shape index (κ1) is 16.5. The maximum absolute atomic E-state index is 12.0. The van der Waals surface area contributed by atoms with Crippen molar-refractivity contribution in [3.05, 3.63) is 54.1 Å². The maximum Gasteiger partial charge on any atom is 0.314 e. The lowest BCUT2D eigenvalue weighted by molar-refractivity contribution is -0.132. The van der Waals surface area contributed by atoms with Gasteiger partial charge in [0.05, 0.1) is 6.61 Å². The molecule has 2 amide bonds. The molecule has 0 unspecified atom stereocenters. The van der Waals surface area contributed by atoms with E-state index in [0.717, 1.165) is 12.0 Å². The number of hydrogen-bond acceptors (Lipinski definition) is 3. The molecule has 0 atom stereocenters. The fourth-order valence-electron chi connectivity index (χ4n) is 2.08. The minimum absolute atomic E-state index is 0.512. The number of hydrogen-bond donors (Lipinski definition) is 2. The molecule has 2 aromatic rings. The Labute approximate surface area is 135 Å². The van der Waals surface area contributed by atoms with Gasteiger partial charge in [0, 0.05) is 17.4 Å². The largest absolute Gasteiger partial charge is 0.494 e. The first-order chi connectivity index (χ1) is 11.1. The van der Waals surface area contributed by atoms with Gasteiger partial charge in [0.2, 0.25) is 0 Å². The van der Waals surface area contributed by atoms with E-state index in [1.807, 2.05) is 32.0 Å². The summed E-state index contributed by atoms with van der Waals surface area (Å²) in [6.07, 6.45) is 0.861. The zero-order valence-corrected chi connectivity index (χ0v) is 13.3. The quantitative estimate of drug-likeness (QED) is 0.833. The third kappa shape index (κ3) is 4.85. The van der Waals surface area contributed by atoms with Gasteiger partial charge in [-0.1, -0.05) is 25.1 Å². The second kappa shape index (κ2) is 7.98. The Hall–Kier alpha value is -2.82. The minimum Gasteiger partial charge on any atom is -0.494 e. The van der Waals surface area contributed by atoms with Crippen molar-refractivity contribution in [1.29, 1.82) is 0 Å². The number of nitrogens with one attached hydrogen (secondary N) is 2. The number of ether oxygens (including phenoxy) is 1. The van der Waals surface area contributed by atoms with Gasteiger partial charge in [-0.3, -0.25) is 9.59 Å². The van der Waals surface area contributed by atoms with Crippen LogP contribution in [0.3, 0.4) is 0 Å². The predicted octanol–water partition coefficient (Wildman–Crippen LogP) is 3.22. The van der Waals surface area contributed by atoms with Gasteiger partial charge in [0.25, 0.3) is 0 Å². The summed E-state index contributed by atoms with van der Waals surface area (Å²) in [5.74, 6) is -0.790. The van der Waals surface area contributed by atoms with E-state index in [9.17, 15) is 9.59 Å². The van der Waals surface area contributed by atoms with E-state index in [-0.39, 0.29) is 0 Å². The van der Waals surface area contributed by atoms with Gasteiger partial charge in [-0.25, -0.2) is 0 Å². The van der Waals surface area contributed by atoms with Gasteiger partial charge >= 0.3 is 11.8 Å². The monoisotopic (exact) mass is 312 g/mol. The molecule has 2 N–H and O–H groups in total. The molecule has 0 aromatic heterocycles. The molecule has 0 aliphatic heterocycles. The predicted molar refractivity (Wildman–Crippen MR) is 90.7 cm³/mol. The van der Waals surface area contributed by atoms with Crippen molar-refractivity contribution in [3.8, 4) is 5.75 Å². The molecule has 0 spiro atoms. The van der Waals surface area contributed by atoms with Crippen LogP contribution in [-0.2, 0) is 16.0 Å². The lowest BCUT2D eigenvalue weighted by Gasteiger charge is -2.09. The zero-order valence-electron chi connectivity index (χ0n) is 13.3. The van der Waals surface area contributed by atoms with Crippen LogP contribution in [0.5, 0.6) is 5.75 Å². The van der Waals surface area contributed by atoms with Crippen LogP contribution in [0.1, 0.15) is 19.4 Å². The van der Waals surface area contributed by atoms with Crippen LogP contribution < -0.4 is 15.4 Å². The first-order valence-electron chi connectivity index (χ1n) is 7.56. The molecule has 0 bridgehead atoms. The standard InChI is InChI=1S/C18H20N2O3/c1-3-13-7-5-8-14(11-13)19-17(21)18(22)20-15-9-6-10-16(12-15)23-4-2/h5-12H,3-4H2,1-2H3,(H,19,21)(H,20,22). The van der Waals surface area contributed by atoms with Gasteiger partial charge in [-0.15, -0.1) is 0 Å². The van der Waals surface area contributed by atoms with Crippen LogP contribution in [0.15, 0.2) is 48.5 Å². The Morgan fingerprint density at radius 1 is 0.913 bits per heavy atom. The van der Waals surface area contributed by atoms with Crippen molar-refractivity contribution in [1.82, 2.24) is 0 Å². The third-order valence-electron chi connectivity index (χ3n) is 3.20. The summed E-state index contributed by atoms with van der Waals surface area (Å²) in [4.78, 5) is 23.9. The highest BCUT2D eigenvalue weighted by atomic mass is 16.5. The smallest absolute Gasteiger partial charge is 0.314 e. The molecule has 120 valence electrons. The Morgan fingerprint density at radius 2 is 1.52 bits per heavy atom.